The number of aliphatic imine (C=N–C) groups is 1. The maximum atomic E-state index is 14.5. The Morgan fingerprint density at radius 1 is 0.667 bits per heavy atom. The molecule has 72 heavy (non-hydrogen) atoms. The van der Waals surface area contributed by atoms with Crippen LogP contribution in [-0.4, -0.2) is 185 Å². The molecule has 0 aliphatic carbocycles. The number of carboxylic acid groups (broad SMARTS) is 1. The summed E-state index contributed by atoms with van der Waals surface area (Å²) < 4.78 is 0. The third kappa shape index (κ3) is 18.8. The van der Waals surface area contributed by atoms with Gasteiger partial charge in [0.25, 0.3) is 0 Å². The Bertz CT molecular complexity index is 1930. The minimum absolute atomic E-state index is 0.00968. The molecule has 9 atom stereocenters. The van der Waals surface area contributed by atoms with E-state index in [-0.39, 0.29) is 82.0 Å². The molecule has 0 aromatic heterocycles. The highest BCUT2D eigenvalue weighted by molar-refractivity contribution is 5.98. The Kier molecular flexibility index (Phi) is 25.1. The number of aliphatic carboxylic acids is 1. The van der Waals surface area contributed by atoms with Gasteiger partial charge in [-0.25, -0.2) is 4.79 Å². The SMILES string of the molecule is CC(C)C[C@H](NC(=O)[C@@H]1CCCN1C(=O)[C@H](C)NC(=O)[C@@H](NC(=O)[C@@H]1CCCN1)C(C)C)C(=O)N1CCC[C@H]1C(=O)N[C@@H](CCCN=C(N)N)C(=O)N[C@@H](CCCCN)C(=O)NCC(=O)N[C@@H](CO)C(=O)O. The van der Waals surface area contributed by atoms with Gasteiger partial charge in [-0.15, -0.1) is 0 Å². The quantitative estimate of drug-likeness (QED) is 0.0192. The Labute approximate surface area is 420 Å². The highest BCUT2D eigenvalue weighted by Gasteiger charge is 2.42. The monoisotopic (exact) mass is 1020 g/mol. The minimum Gasteiger partial charge on any atom is -0.480 e. The standard InChI is InChI=1S/C46H80N14O12/c1-25(2)22-31(57-41(67)33-15-10-20-59(33)43(69)27(5)53-42(68)36(26(3)4)58-38(64)28-13-8-18-50-28)44(70)60-21-11-16-34(60)40(66)56-30(14-9-19-51-46(48)49)39(65)55-29(12-6-7-17-47)37(63)52-23-35(62)54-32(24-61)45(71)72/h25-34,36,50,61H,6-24,47H2,1-5H3,(H,52,63)(H,53,68)(H,54,62)(H,55,65)(H,56,66)(H,57,67)(H,58,64)(H,71,72)(H4,48,49,51)/t27-,28-,29-,30-,31-,32-,33-,34-,36-/m0/s1. The van der Waals surface area contributed by atoms with Crippen LogP contribution in [0.1, 0.15) is 112 Å². The van der Waals surface area contributed by atoms with Gasteiger partial charge in [0.15, 0.2) is 5.96 Å². The molecule has 0 bridgehead atoms. The second-order valence-corrected chi connectivity index (χ2v) is 19.4. The van der Waals surface area contributed by atoms with Gasteiger partial charge in [0.2, 0.25) is 53.2 Å². The fourth-order valence-electron chi connectivity index (χ4n) is 8.87. The lowest BCUT2D eigenvalue weighted by molar-refractivity contribution is -0.145. The molecule has 26 heteroatoms. The molecule has 0 spiro atoms. The van der Waals surface area contributed by atoms with Crippen LogP contribution in [0, 0.1) is 11.8 Å². The van der Waals surface area contributed by atoms with E-state index in [1.807, 2.05) is 13.8 Å². The third-order valence-corrected chi connectivity index (χ3v) is 12.7. The molecular weight excluding hydrogens is 941 g/mol. The van der Waals surface area contributed by atoms with Gasteiger partial charge in [-0.3, -0.25) is 48.1 Å². The van der Waals surface area contributed by atoms with E-state index in [1.165, 1.54) is 16.7 Å². The molecule has 406 valence electrons. The van der Waals surface area contributed by atoms with Crippen LogP contribution < -0.4 is 59.7 Å². The number of nitrogens with one attached hydrogen (secondary N) is 8. The number of aliphatic hydroxyl groups is 1. The van der Waals surface area contributed by atoms with Gasteiger partial charge in [0.1, 0.15) is 48.3 Å². The first-order valence-electron chi connectivity index (χ1n) is 25.1. The van der Waals surface area contributed by atoms with Crippen LogP contribution >= 0.6 is 0 Å². The van der Waals surface area contributed by atoms with Gasteiger partial charge in [0, 0.05) is 19.6 Å². The van der Waals surface area contributed by atoms with E-state index in [0.29, 0.717) is 45.1 Å². The van der Waals surface area contributed by atoms with Crippen LogP contribution in [0.4, 0.5) is 0 Å². The van der Waals surface area contributed by atoms with Gasteiger partial charge >= 0.3 is 5.97 Å². The summed E-state index contributed by atoms with van der Waals surface area (Å²) in [5, 5.41) is 39.7. The molecule has 3 saturated heterocycles. The minimum atomic E-state index is -1.60. The van der Waals surface area contributed by atoms with Gasteiger partial charge in [-0.2, -0.15) is 0 Å². The van der Waals surface area contributed by atoms with Crippen LogP contribution in [0.5, 0.6) is 0 Å². The van der Waals surface area contributed by atoms with Crippen LogP contribution in [0.3, 0.4) is 0 Å². The molecule has 3 aliphatic rings. The normalized spacial score (nSPS) is 20.0. The van der Waals surface area contributed by atoms with E-state index in [9.17, 15) is 53.1 Å². The summed E-state index contributed by atoms with van der Waals surface area (Å²) in [4.78, 5) is 140. The van der Waals surface area contributed by atoms with Crippen molar-refractivity contribution in [2.75, 3.05) is 45.9 Å². The Balaban J connectivity index is 1.75. The van der Waals surface area contributed by atoms with Crippen LogP contribution in [0.2, 0.25) is 0 Å². The van der Waals surface area contributed by atoms with Gasteiger partial charge in [0.05, 0.1) is 19.2 Å². The van der Waals surface area contributed by atoms with E-state index >= 15 is 0 Å². The number of carboxylic acids is 1. The first-order valence-corrected chi connectivity index (χ1v) is 25.1. The number of hydrogen-bond acceptors (Lipinski definition) is 14. The Morgan fingerprint density at radius 2 is 1.26 bits per heavy atom. The maximum Gasteiger partial charge on any atom is 0.328 e. The van der Waals surface area contributed by atoms with E-state index < -0.39 is 121 Å². The summed E-state index contributed by atoms with van der Waals surface area (Å²) in [6.07, 6.45) is 4.24. The summed E-state index contributed by atoms with van der Waals surface area (Å²) in [7, 11) is 0. The van der Waals surface area contributed by atoms with E-state index in [4.69, 9.17) is 22.3 Å². The number of aliphatic hydroxyl groups excluding tert-OH is 1. The molecule has 9 amide bonds. The summed E-state index contributed by atoms with van der Waals surface area (Å²) in [5.74, 6) is -7.67. The van der Waals surface area contributed by atoms with Crippen molar-refractivity contribution < 1.29 is 58.2 Å². The Morgan fingerprint density at radius 3 is 1.81 bits per heavy atom. The zero-order valence-corrected chi connectivity index (χ0v) is 42.3. The van der Waals surface area contributed by atoms with Crippen molar-refractivity contribution >= 4 is 65.1 Å². The number of unbranched alkanes of at least 4 members (excludes halogenated alkanes) is 1. The van der Waals surface area contributed by atoms with Crippen molar-refractivity contribution in [2.24, 2.45) is 34.0 Å². The molecule has 26 nitrogen and oxygen atoms in total. The number of nitrogens with two attached hydrogens (primary N) is 3. The van der Waals surface area contributed by atoms with Gasteiger partial charge in [-0.1, -0.05) is 27.7 Å². The van der Waals surface area contributed by atoms with Crippen molar-refractivity contribution in [3.8, 4) is 0 Å². The van der Waals surface area contributed by atoms with Crippen LogP contribution in [0.25, 0.3) is 0 Å². The molecule has 0 radical (unpaired) electrons. The van der Waals surface area contributed by atoms with Gasteiger partial charge in [-0.05, 0) is 109 Å². The summed E-state index contributed by atoms with van der Waals surface area (Å²) in [6.45, 7) is 8.70. The number of guanidine groups is 1. The lowest BCUT2D eigenvalue weighted by atomic mass is 10.0. The topological polar surface area (TPSA) is 404 Å². The zero-order chi connectivity index (χ0) is 53.7. The summed E-state index contributed by atoms with van der Waals surface area (Å²) >= 11 is 0. The number of hydrogen-bond donors (Lipinski definition) is 13. The van der Waals surface area contributed by atoms with E-state index in [2.05, 4.69) is 47.5 Å². The number of rotatable bonds is 29. The lowest BCUT2D eigenvalue weighted by Gasteiger charge is -2.32. The zero-order valence-electron chi connectivity index (χ0n) is 42.3. The highest BCUT2D eigenvalue weighted by atomic mass is 16.4. The first-order chi connectivity index (χ1) is 34.1. The van der Waals surface area contributed by atoms with E-state index in [0.717, 1.165) is 6.42 Å². The number of amides is 9. The number of likely N-dealkylation sites (tertiary alicyclic amines) is 2. The molecule has 3 aliphatic heterocycles. The van der Waals surface area contributed by atoms with Gasteiger partial charge < -0.3 is 79.7 Å². The van der Waals surface area contributed by atoms with Crippen molar-refractivity contribution in [3.05, 3.63) is 0 Å². The smallest absolute Gasteiger partial charge is 0.328 e. The molecule has 3 rings (SSSR count). The predicted octanol–water partition coefficient (Wildman–Crippen LogP) is -4.27. The highest BCUT2D eigenvalue weighted by Crippen LogP contribution is 2.23. The molecule has 0 unspecified atom stereocenters. The average Bonchev–Trinajstić information content (AvgIpc) is 4.15. The molecular formula is C46H80N14O12. The number of nitrogens with zero attached hydrogens (tertiary/aromatic N) is 3. The fourth-order valence-corrected chi connectivity index (χ4v) is 8.87. The van der Waals surface area contributed by atoms with Crippen molar-refractivity contribution in [3.63, 3.8) is 0 Å². The molecule has 3 heterocycles. The first kappa shape index (κ1) is 60.2. The van der Waals surface area contributed by atoms with Crippen LogP contribution in [0.15, 0.2) is 4.99 Å². The largest absolute Gasteiger partial charge is 0.480 e. The molecule has 16 N–H and O–H groups in total. The number of carbonyl (C=O) groups excluding carboxylic acids is 9. The molecule has 3 fully saturated rings. The second-order valence-electron chi connectivity index (χ2n) is 19.4. The van der Waals surface area contributed by atoms with Crippen molar-refractivity contribution in [2.45, 2.75) is 166 Å². The molecule has 0 aromatic carbocycles. The summed E-state index contributed by atoms with van der Waals surface area (Å²) in [6, 6.07) is -9.58. The van der Waals surface area contributed by atoms with E-state index in [1.54, 1.807) is 13.8 Å². The molecule has 0 aromatic rings. The maximum absolute atomic E-state index is 14.5. The third-order valence-electron chi connectivity index (χ3n) is 12.7. The fraction of sp³-hybridized carbons (Fsp3) is 0.761. The lowest BCUT2D eigenvalue weighted by Crippen LogP contribution is -2.60. The second kappa shape index (κ2) is 30.0. The average molecular weight is 1020 g/mol. The van der Waals surface area contributed by atoms with Crippen LogP contribution in [-0.2, 0) is 47.9 Å². The van der Waals surface area contributed by atoms with Crippen molar-refractivity contribution in [1.29, 1.82) is 0 Å². The van der Waals surface area contributed by atoms with Crippen molar-refractivity contribution in [1.82, 2.24) is 52.3 Å². The Hall–Kier alpha value is -6.15. The number of carbonyl (C=O) groups is 10. The summed E-state index contributed by atoms with van der Waals surface area (Å²) in [5.41, 5.74) is 16.6. The molecule has 0 saturated carbocycles. The predicted molar refractivity (Wildman–Crippen MR) is 263 cm³/mol.